The van der Waals surface area contributed by atoms with Crippen molar-refractivity contribution in [3.63, 3.8) is 0 Å². The Balaban J connectivity index is 0.00000324. The lowest BCUT2D eigenvalue weighted by atomic mass is 9.85. The minimum Gasteiger partial charge on any atom is -0.393 e. The third-order valence-corrected chi connectivity index (χ3v) is 7.79. The molecule has 0 spiro atoms. The Bertz CT molecular complexity index is 887. The number of hydrogen-bond donors (Lipinski definition) is 2. The van der Waals surface area contributed by atoms with E-state index in [2.05, 4.69) is 53.6 Å². The monoisotopic (exact) mass is 492 g/mol. The van der Waals surface area contributed by atoms with Crippen molar-refractivity contribution in [2.45, 2.75) is 102 Å². The first-order valence-electron chi connectivity index (χ1n) is 13.2. The number of aliphatic hydroxyl groups is 1. The molecule has 7 nitrogen and oxygen atoms in total. The van der Waals surface area contributed by atoms with E-state index in [0.717, 1.165) is 56.7 Å². The van der Waals surface area contributed by atoms with E-state index in [1.807, 2.05) is 6.20 Å². The first-order chi connectivity index (χ1) is 16.0. The van der Waals surface area contributed by atoms with Gasteiger partial charge in [-0.1, -0.05) is 26.2 Å². The van der Waals surface area contributed by atoms with Crippen LogP contribution in [0.2, 0.25) is 0 Å². The number of aromatic nitrogens is 3. The molecule has 2 N–H and O–H groups in total. The lowest BCUT2D eigenvalue weighted by molar-refractivity contribution is 0.121. The summed E-state index contributed by atoms with van der Waals surface area (Å²) in [6.07, 6.45) is 12.9. The highest BCUT2D eigenvalue weighted by molar-refractivity contribution is 5.85. The highest BCUT2D eigenvalue weighted by atomic mass is 35.5. The van der Waals surface area contributed by atoms with Gasteiger partial charge in [0.1, 0.15) is 5.52 Å². The minimum atomic E-state index is -0.146. The molecule has 1 aliphatic heterocycles. The molecule has 0 aromatic carbocycles. The molecule has 0 bridgehead atoms. The van der Waals surface area contributed by atoms with Gasteiger partial charge in [0, 0.05) is 36.8 Å². The second kappa shape index (κ2) is 12.4. The third kappa shape index (κ3) is 6.35. The number of anilines is 2. The van der Waals surface area contributed by atoms with Crippen molar-refractivity contribution in [2.75, 3.05) is 37.4 Å². The lowest BCUT2D eigenvalue weighted by Crippen LogP contribution is -2.41. The van der Waals surface area contributed by atoms with Crippen LogP contribution in [0.3, 0.4) is 0 Å². The van der Waals surface area contributed by atoms with Crippen molar-refractivity contribution in [1.82, 2.24) is 19.5 Å². The summed E-state index contributed by atoms with van der Waals surface area (Å²) in [7, 11) is 4.38. The molecule has 192 valence electrons. The Kier molecular flexibility index (Phi) is 9.86. The van der Waals surface area contributed by atoms with Gasteiger partial charge in [0.2, 0.25) is 5.95 Å². The fourth-order valence-corrected chi connectivity index (χ4v) is 5.60. The predicted molar refractivity (Wildman–Crippen MR) is 144 cm³/mol. The Hall–Kier alpha value is -1.57. The zero-order valence-electron chi connectivity index (χ0n) is 21.5. The van der Waals surface area contributed by atoms with Gasteiger partial charge in [-0.2, -0.15) is 0 Å². The van der Waals surface area contributed by atoms with Gasteiger partial charge in [-0.3, -0.25) is 0 Å². The molecule has 8 heteroatoms. The van der Waals surface area contributed by atoms with E-state index in [1.54, 1.807) is 0 Å². The fourth-order valence-electron chi connectivity index (χ4n) is 5.60. The Morgan fingerprint density at radius 3 is 2.47 bits per heavy atom. The molecular weight excluding hydrogens is 448 g/mol. The summed E-state index contributed by atoms with van der Waals surface area (Å²) in [6, 6.07) is 3.40. The van der Waals surface area contributed by atoms with Gasteiger partial charge in [0.15, 0.2) is 0 Å². The molecule has 2 aromatic heterocycles. The van der Waals surface area contributed by atoms with E-state index < -0.39 is 0 Å². The highest BCUT2D eigenvalue weighted by Crippen LogP contribution is 2.38. The van der Waals surface area contributed by atoms with Gasteiger partial charge in [0.25, 0.3) is 0 Å². The van der Waals surface area contributed by atoms with Crippen molar-refractivity contribution in [2.24, 2.45) is 0 Å². The third-order valence-electron chi connectivity index (χ3n) is 7.79. The summed E-state index contributed by atoms with van der Waals surface area (Å²) < 4.78 is 2.16. The number of fused-ring (bicyclic) bond motifs is 1. The summed E-state index contributed by atoms with van der Waals surface area (Å²) in [5.74, 6) is 1.16. The van der Waals surface area contributed by atoms with Crippen LogP contribution in [0.25, 0.3) is 5.52 Å². The van der Waals surface area contributed by atoms with E-state index in [0.29, 0.717) is 18.0 Å². The average Bonchev–Trinajstić information content (AvgIpc) is 3.18. The number of unbranched alkanes of at least 4 members (excludes halogenated alkanes) is 2. The van der Waals surface area contributed by atoms with Gasteiger partial charge in [-0.05, 0) is 72.0 Å². The number of hydrogen-bond acceptors (Lipinski definition) is 6. The molecular formula is C26H45ClN6O. The second-order valence-electron chi connectivity index (χ2n) is 10.6. The molecule has 2 aromatic rings. The zero-order valence-corrected chi connectivity index (χ0v) is 22.4. The molecule has 34 heavy (non-hydrogen) atoms. The molecule has 2 aliphatic rings. The molecule has 4 rings (SSSR count). The van der Waals surface area contributed by atoms with E-state index in [4.69, 9.17) is 10.1 Å². The number of rotatable bonds is 9. The van der Waals surface area contributed by atoms with Crippen molar-refractivity contribution in [1.29, 1.82) is 0 Å². The normalized spacial score (nSPS) is 22.7. The highest BCUT2D eigenvalue weighted by Gasteiger charge is 2.28. The van der Waals surface area contributed by atoms with Crippen LogP contribution >= 0.6 is 12.4 Å². The van der Waals surface area contributed by atoms with E-state index >= 15 is 0 Å². The summed E-state index contributed by atoms with van der Waals surface area (Å²) in [4.78, 5) is 9.61. The van der Waals surface area contributed by atoms with Crippen molar-refractivity contribution < 1.29 is 5.11 Å². The molecule has 1 saturated heterocycles. The first kappa shape index (κ1) is 27.0. The van der Waals surface area contributed by atoms with E-state index in [9.17, 15) is 5.11 Å². The Morgan fingerprint density at radius 1 is 1.12 bits per heavy atom. The quantitative estimate of drug-likeness (QED) is 0.476. The van der Waals surface area contributed by atoms with Gasteiger partial charge in [-0.25, -0.2) is 9.50 Å². The van der Waals surface area contributed by atoms with Crippen LogP contribution in [0.4, 0.5) is 11.6 Å². The molecule has 0 radical (unpaired) electrons. The fraction of sp³-hybridized carbons (Fsp3) is 0.769. The minimum absolute atomic E-state index is 0. The number of aliphatic hydroxyl groups excluding tert-OH is 1. The predicted octanol–water partition coefficient (Wildman–Crippen LogP) is 5.08. The van der Waals surface area contributed by atoms with Crippen molar-refractivity contribution in [3.05, 3.63) is 18.0 Å². The second-order valence-corrected chi connectivity index (χ2v) is 10.6. The molecule has 1 aliphatic carbocycles. The largest absolute Gasteiger partial charge is 0.393 e. The Labute approximate surface area is 211 Å². The van der Waals surface area contributed by atoms with Crippen LogP contribution in [0.15, 0.2) is 12.3 Å². The smallest absolute Gasteiger partial charge is 0.241 e. The van der Waals surface area contributed by atoms with E-state index in [-0.39, 0.29) is 18.5 Å². The van der Waals surface area contributed by atoms with Crippen LogP contribution in [0, 0.1) is 0 Å². The van der Waals surface area contributed by atoms with Gasteiger partial charge in [-0.15, -0.1) is 17.5 Å². The van der Waals surface area contributed by atoms with Crippen LogP contribution < -0.4 is 10.2 Å². The van der Waals surface area contributed by atoms with Crippen LogP contribution in [0.1, 0.15) is 89.7 Å². The number of nitrogens with zero attached hydrogens (tertiary/aromatic N) is 5. The summed E-state index contributed by atoms with van der Waals surface area (Å²) in [5, 5.41) is 18.6. The van der Waals surface area contributed by atoms with Crippen LogP contribution in [-0.2, 0) is 0 Å². The van der Waals surface area contributed by atoms with Crippen molar-refractivity contribution >= 4 is 29.6 Å². The summed E-state index contributed by atoms with van der Waals surface area (Å²) in [6.45, 7) is 6.61. The molecule has 1 atom stereocenters. The topological polar surface area (TPSA) is 68.9 Å². The van der Waals surface area contributed by atoms with Gasteiger partial charge >= 0.3 is 0 Å². The molecule has 1 unspecified atom stereocenters. The molecule has 1 saturated carbocycles. The standard InChI is InChI=1S/C26H44N6O.ClH/c1-5-6-7-8-19(2)28-26-27-18-25-24(31-15-13-21(14-16-31)30(3)4)17-23(32(25)29-26)20-9-11-22(33)12-10-20;/h17-22,33H,5-16H2,1-4H3,(H,28,29);1H. The summed E-state index contributed by atoms with van der Waals surface area (Å²) in [5.41, 5.74) is 3.67. The number of piperidine rings is 1. The maximum Gasteiger partial charge on any atom is 0.241 e. The van der Waals surface area contributed by atoms with Gasteiger partial charge in [0.05, 0.1) is 18.0 Å². The van der Waals surface area contributed by atoms with E-state index in [1.165, 1.54) is 43.5 Å². The Morgan fingerprint density at radius 2 is 1.82 bits per heavy atom. The average molecular weight is 493 g/mol. The summed E-state index contributed by atoms with van der Waals surface area (Å²) >= 11 is 0. The zero-order chi connectivity index (χ0) is 23.4. The maximum atomic E-state index is 10.0. The first-order valence-corrected chi connectivity index (χ1v) is 13.2. The van der Waals surface area contributed by atoms with Crippen LogP contribution in [-0.4, -0.2) is 70.0 Å². The van der Waals surface area contributed by atoms with Crippen molar-refractivity contribution in [3.8, 4) is 0 Å². The number of nitrogens with one attached hydrogen (secondary N) is 1. The molecule has 2 fully saturated rings. The molecule has 0 amide bonds. The SMILES string of the molecule is CCCCCC(C)Nc1ncc2c(N3CCC(N(C)C)CC3)cc(C3CCC(O)CC3)n2n1.Cl. The number of halogens is 1. The van der Waals surface area contributed by atoms with Crippen LogP contribution in [0.5, 0.6) is 0 Å². The maximum absolute atomic E-state index is 10.0. The van der Waals surface area contributed by atoms with Gasteiger partial charge < -0.3 is 20.2 Å². The molecule has 3 heterocycles. The lowest BCUT2D eigenvalue weighted by Gasteiger charge is -2.36.